The summed E-state index contributed by atoms with van der Waals surface area (Å²) < 4.78 is 5.94. The van der Waals surface area contributed by atoms with Gasteiger partial charge in [0.25, 0.3) is 5.91 Å². The molecule has 29 heavy (non-hydrogen) atoms. The minimum absolute atomic E-state index is 0.0117. The van der Waals surface area contributed by atoms with Crippen LogP contribution in [0.4, 0.5) is 0 Å². The molecular weight excluding hydrogens is 366 g/mol. The number of piperidine rings is 1. The number of fused-ring (bicyclic) bond motifs is 1. The molecule has 2 aliphatic heterocycles. The summed E-state index contributed by atoms with van der Waals surface area (Å²) in [6.07, 6.45) is 2.65. The molecule has 3 aromatic rings. The number of nitrogens with zero attached hydrogens (tertiary/aromatic N) is 3. The highest BCUT2D eigenvalue weighted by Crippen LogP contribution is 2.30. The molecule has 0 radical (unpaired) electrons. The third kappa shape index (κ3) is 3.75. The van der Waals surface area contributed by atoms with Crippen LogP contribution in [-0.4, -0.2) is 40.7 Å². The number of para-hydroxylation sites is 2. The molecule has 2 aromatic carbocycles. The molecule has 148 valence electrons. The summed E-state index contributed by atoms with van der Waals surface area (Å²) in [5, 5.41) is 4.17. The van der Waals surface area contributed by atoms with Gasteiger partial charge < -0.3 is 14.2 Å². The van der Waals surface area contributed by atoms with Crippen LogP contribution in [0.3, 0.4) is 0 Å². The lowest BCUT2D eigenvalue weighted by Gasteiger charge is -2.32. The SMILES string of the molecule is O=C([C@H]1CC(Cc2ccccc2)=NO1)N1CCC[C@H](c2nc3ccccc3o2)C1. The van der Waals surface area contributed by atoms with E-state index in [1.165, 1.54) is 5.56 Å². The van der Waals surface area contributed by atoms with Gasteiger partial charge in [0.15, 0.2) is 11.5 Å². The summed E-state index contributed by atoms with van der Waals surface area (Å²) in [6, 6.07) is 17.9. The molecule has 6 nitrogen and oxygen atoms in total. The van der Waals surface area contributed by atoms with Crippen LogP contribution in [0, 0.1) is 0 Å². The zero-order valence-electron chi connectivity index (χ0n) is 16.2. The van der Waals surface area contributed by atoms with Crippen molar-refractivity contribution in [3.05, 3.63) is 66.1 Å². The molecule has 0 saturated carbocycles. The van der Waals surface area contributed by atoms with Crippen molar-refractivity contribution in [2.75, 3.05) is 13.1 Å². The second-order valence-electron chi connectivity index (χ2n) is 7.76. The van der Waals surface area contributed by atoms with E-state index < -0.39 is 6.10 Å². The van der Waals surface area contributed by atoms with E-state index in [0.717, 1.165) is 48.5 Å². The van der Waals surface area contributed by atoms with Gasteiger partial charge in [0.05, 0.1) is 11.6 Å². The summed E-state index contributed by atoms with van der Waals surface area (Å²) >= 11 is 0. The highest BCUT2D eigenvalue weighted by molar-refractivity contribution is 5.94. The van der Waals surface area contributed by atoms with E-state index in [4.69, 9.17) is 9.25 Å². The van der Waals surface area contributed by atoms with Crippen molar-refractivity contribution >= 4 is 22.7 Å². The smallest absolute Gasteiger partial charge is 0.266 e. The Bertz CT molecular complexity index is 1010. The molecule has 2 aliphatic rings. The van der Waals surface area contributed by atoms with Gasteiger partial charge in [-0.25, -0.2) is 4.98 Å². The van der Waals surface area contributed by atoms with E-state index in [1.54, 1.807) is 0 Å². The molecular formula is C23H23N3O3. The van der Waals surface area contributed by atoms with Crippen LogP contribution in [0.1, 0.15) is 36.6 Å². The van der Waals surface area contributed by atoms with Crippen molar-refractivity contribution in [2.24, 2.45) is 5.16 Å². The largest absolute Gasteiger partial charge is 0.440 e. The predicted octanol–water partition coefficient (Wildman–Crippen LogP) is 3.92. The summed E-state index contributed by atoms with van der Waals surface area (Å²) in [5.74, 6) is 0.848. The second kappa shape index (κ2) is 7.70. The molecule has 0 spiro atoms. The van der Waals surface area contributed by atoms with Gasteiger partial charge in [-0.05, 0) is 30.5 Å². The molecule has 1 fully saturated rings. The van der Waals surface area contributed by atoms with E-state index in [0.29, 0.717) is 13.0 Å². The summed E-state index contributed by atoms with van der Waals surface area (Å²) in [6.45, 7) is 1.35. The number of benzene rings is 2. The average Bonchev–Trinajstić information content (AvgIpc) is 3.41. The third-order valence-corrected chi connectivity index (χ3v) is 5.65. The summed E-state index contributed by atoms with van der Waals surface area (Å²) in [7, 11) is 0. The van der Waals surface area contributed by atoms with Crippen LogP contribution in [0.25, 0.3) is 11.1 Å². The van der Waals surface area contributed by atoms with Crippen molar-refractivity contribution < 1.29 is 14.0 Å². The van der Waals surface area contributed by atoms with Crippen molar-refractivity contribution in [1.82, 2.24) is 9.88 Å². The van der Waals surface area contributed by atoms with Gasteiger partial charge in [0.1, 0.15) is 5.52 Å². The zero-order chi connectivity index (χ0) is 19.6. The van der Waals surface area contributed by atoms with Gasteiger partial charge in [-0.15, -0.1) is 0 Å². The predicted molar refractivity (Wildman–Crippen MR) is 110 cm³/mol. The first-order chi connectivity index (χ1) is 14.3. The first-order valence-electron chi connectivity index (χ1n) is 10.2. The third-order valence-electron chi connectivity index (χ3n) is 5.65. The first kappa shape index (κ1) is 17.9. The normalized spacial score (nSPS) is 21.8. The number of likely N-dealkylation sites (tertiary alicyclic amines) is 1. The Balaban J connectivity index is 1.22. The number of oxazole rings is 1. The number of amides is 1. The lowest BCUT2D eigenvalue weighted by atomic mass is 9.97. The van der Waals surface area contributed by atoms with Gasteiger partial charge in [-0.1, -0.05) is 47.6 Å². The van der Waals surface area contributed by atoms with Crippen LogP contribution in [-0.2, 0) is 16.1 Å². The molecule has 1 amide bonds. The number of oxime groups is 1. The maximum atomic E-state index is 13.0. The Hall–Kier alpha value is -3.15. The fourth-order valence-electron chi connectivity index (χ4n) is 4.14. The Morgan fingerprint density at radius 2 is 1.93 bits per heavy atom. The highest BCUT2D eigenvalue weighted by atomic mass is 16.6. The van der Waals surface area contributed by atoms with Gasteiger partial charge in [-0.2, -0.15) is 0 Å². The number of hydrogen-bond acceptors (Lipinski definition) is 5. The molecule has 0 unspecified atom stereocenters. The maximum Gasteiger partial charge on any atom is 0.266 e. The number of hydrogen-bond donors (Lipinski definition) is 0. The molecule has 0 N–H and O–H groups in total. The van der Waals surface area contributed by atoms with Crippen LogP contribution < -0.4 is 0 Å². The standard InChI is InChI=1S/C23H23N3O3/c27-23(21-14-18(25-29-21)13-16-7-2-1-3-8-16)26-12-6-9-17(15-26)22-24-19-10-4-5-11-20(19)28-22/h1-5,7-8,10-11,17,21H,6,9,12-15H2/t17-,21+/m0/s1. The maximum absolute atomic E-state index is 13.0. The monoisotopic (exact) mass is 389 g/mol. The molecule has 0 bridgehead atoms. The Kier molecular flexibility index (Phi) is 4.76. The molecule has 1 aromatic heterocycles. The van der Waals surface area contributed by atoms with E-state index in [-0.39, 0.29) is 11.8 Å². The molecule has 5 rings (SSSR count). The van der Waals surface area contributed by atoms with Gasteiger partial charge in [-0.3, -0.25) is 4.79 Å². The topological polar surface area (TPSA) is 67.9 Å². The lowest BCUT2D eigenvalue weighted by molar-refractivity contribution is -0.143. The molecule has 0 aliphatic carbocycles. The van der Waals surface area contributed by atoms with E-state index in [9.17, 15) is 4.79 Å². The van der Waals surface area contributed by atoms with Gasteiger partial charge in [0.2, 0.25) is 6.10 Å². The number of carbonyl (C=O) groups is 1. The fraction of sp³-hybridized carbons (Fsp3) is 0.348. The van der Waals surface area contributed by atoms with Crippen LogP contribution in [0.2, 0.25) is 0 Å². The molecule has 6 heteroatoms. The first-order valence-corrected chi connectivity index (χ1v) is 10.2. The van der Waals surface area contributed by atoms with Crippen molar-refractivity contribution in [3.63, 3.8) is 0 Å². The van der Waals surface area contributed by atoms with Crippen LogP contribution >= 0.6 is 0 Å². The fourth-order valence-corrected chi connectivity index (χ4v) is 4.14. The number of rotatable bonds is 4. The molecule has 1 saturated heterocycles. The number of carbonyl (C=O) groups excluding carboxylic acids is 1. The van der Waals surface area contributed by atoms with Gasteiger partial charge >= 0.3 is 0 Å². The Morgan fingerprint density at radius 3 is 2.79 bits per heavy atom. The van der Waals surface area contributed by atoms with Crippen LogP contribution in [0.5, 0.6) is 0 Å². The Labute approximate surface area is 169 Å². The minimum Gasteiger partial charge on any atom is -0.440 e. The summed E-state index contributed by atoms with van der Waals surface area (Å²) in [5.41, 5.74) is 3.76. The zero-order valence-corrected chi connectivity index (χ0v) is 16.2. The minimum atomic E-state index is -0.518. The average molecular weight is 389 g/mol. The van der Waals surface area contributed by atoms with Crippen LogP contribution in [0.15, 0.2) is 64.2 Å². The van der Waals surface area contributed by atoms with E-state index in [2.05, 4.69) is 22.3 Å². The molecule has 2 atom stereocenters. The van der Waals surface area contributed by atoms with E-state index >= 15 is 0 Å². The van der Waals surface area contributed by atoms with Crippen molar-refractivity contribution in [1.29, 1.82) is 0 Å². The van der Waals surface area contributed by atoms with Crippen molar-refractivity contribution in [2.45, 2.75) is 37.7 Å². The lowest BCUT2D eigenvalue weighted by Crippen LogP contribution is -2.44. The molecule has 3 heterocycles. The highest BCUT2D eigenvalue weighted by Gasteiger charge is 2.35. The Morgan fingerprint density at radius 1 is 1.10 bits per heavy atom. The van der Waals surface area contributed by atoms with Crippen molar-refractivity contribution in [3.8, 4) is 0 Å². The second-order valence-corrected chi connectivity index (χ2v) is 7.76. The number of aromatic nitrogens is 1. The van der Waals surface area contributed by atoms with Gasteiger partial charge in [0, 0.05) is 25.9 Å². The summed E-state index contributed by atoms with van der Waals surface area (Å²) in [4.78, 5) is 25.0. The quantitative estimate of drug-likeness (QED) is 0.678. The van der Waals surface area contributed by atoms with E-state index in [1.807, 2.05) is 47.4 Å².